The van der Waals surface area contributed by atoms with E-state index in [1.165, 1.54) is 64.2 Å². The third-order valence-electron chi connectivity index (χ3n) is 5.07. The van der Waals surface area contributed by atoms with Gasteiger partial charge in [-0.05, 0) is 30.1 Å². The first-order valence-electron chi connectivity index (χ1n) is 8.09. The smallest absolute Gasteiger partial charge is 0.0354 e. The molecule has 0 heteroatoms. The Kier molecular flexibility index (Phi) is 6.59. The van der Waals surface area contributed by atoms with Crippen molar-refractivity contribution in [1.82, 2.24) is 0 Å². The average Bonchev–Trinajstić information content (AvgIpc) is 2.32. The van der Waals surface area contributed by atoms with E-state index in [0.717, 1.165) is 11.8 Å². The summed E-state index contributed by atoms with van der Waals surface area (Å²) in [6.07, 6.45) is 14.5. The molecule has 17 heavy (non-hydrogen) atoms. The minimum Gasteiger partial charge on any atom is -0.0651 e. The van der Waals surface area contributed by atoms with Crippen LogP contribution in [-0.4, -0.2) is 0 Å². The zero-order valence-electron chi connectivity index (χ0n) is 12.7. The van der Waals surface area contributed by atoms with Crippen LogP contribution in [0.25, 0.3) is 0 Å². The molecule has 0 bridgehead atoms. The highest BCUT2D eigenvalue weighted by Crippen LogP contribution is 2.35. The molecular weight excluding hydrogens is 204 g/mol. The molecule has 0 heterocycles. The van der Waals surface area contributed by atoms with Crippen LogP contribution >= 0.6 is 0 Å². The fourth-order valence-corrected chi connectivity index (χ4v) is 3.70. The molecule has 2 unspecified atom stereocenters. The summed E-state index contributed by atoms with van der Waals surface area (Å²) in [6.45, 7) is 9.75. The highest BCUT2D eigenvalue weighted by atomic mass is 14.3. The molecule has 0 aliphatic heterocycles. The van der Waals surface area contributed by atoms with Crippen LogP contribution in [-0.2, 0) is 0 Å². The lowest BCUT2D eigenvalue weighted by molar-refractivity contribution is 0.248. The monoisotopic (exact) mass is 238 g/mol. The third-order valence-corrected chi connectivity index (χ3v) is 5.07. The van der Waals surface area contributed by atoms with Crippen LogP contribution in [0.5, 0.6) is 0 Å². The lowest BCUT2D eigenvalue weighted by Crippen LogP contribution is -2.15. The van der Waals surface area contributed by atoms with Crippen molar-refractivity contribution in [2.45, 2.75) is 91.9 Å². The zero-order valence-corrected chi connectivity index (χ0v) is 12.7. The van der Waals surface area contributed by atoms with Gasteiger partial charge in [0.05, 0.1) is 0 Å². The largest absolute Gasteiger partial charge is 0.0651 e. The molecule has 0 radical (unpaired) electrons. The van der Waals surface area contributed by atoms with Gasteiger partial charge in [-0.15, -0.1) is 0 Å². The van der Waals surface area contributed by atoms with Crippen molar-refractivity contribution in [3.8, 4) is 0 Å². The third kappa shape index (κ3) is 5.44. The molecule has 0 saturated heterocycles. The molecule has 0 aromatic carbocycles. The van der Waals surface area contributed by atoms with Crippen molar-refractivity contribution in [3.63, 3.8) is 0 Å². The van der Waals surface area contributed by atoms with Crippen LogP contribution in [0.15, 0.2) is 0 Å². The van der Waals surface area contributed by atoms with Crippen molar-refractivity contribution in [2.75, 3.05) is 0 Å². The van der Waals surface area contributed by atoms with Crippen molar-refractivity contribution in [2.24, 2.45) is 17.3 Å². The van der Waals surface area contributed by atoms with Gasteiger partial charge >= 0.3 is 0 Å². The normalized spacial score (nSPS) is 31.8. The lowest BCUT2D eigenvalue weighted by atomic mass is 9.79. The average molecular weight is 238 g/mol. The topological polar surface area (TPSA) is 0 Å². The van der Waals surface area contributed by atoms with Crippen molar-refractivity contribution in [1.29, 1.82) is 0 Å². The van der Waals surface area contributed by atoms with Crippen LogP contribution < -0.4 is 0 Å². The van der Waals surface area contributed by atoms with Gasteiger partial charge in [0.25, 0.3) is 0 Å². The summed E-state index contributed by atoms with van der Waals surface area (Å²) in [5, 5.41) is 0. The molecule has 1 saturated carbocycles. The van der Waals surface area contributed by atoms with Gasteiger partial charge < -0.3 is 0 Å². The number of hydrogen-bond donors (Lipinski definition) is 0. The van der Waals surface area contributed by atoms with Crippen molar-refractivity contribution < 1.29 is 0 Å². The van der Waals surface area contributed by atoms with E-state index < -0.39 is 0 Å². The maximum atomic E-state index is 2.48. The van der Waals surface area contributed by atoms with E-state index in [-0.39, 0.29) is 0 Å². The molecule has 1 fully saturated rings. The maximum Gasteiger partial charge on any atom is -0.0354 e. The van der Waals surface area contributed by atoms with E-state index in [4.69, 9.17) is 0 Å². The van der Waals surface area contributed by atoms with Crippen molar-refractivity contribution >= 4 is 0 Å². The van der Waals surface area contributed by atoms with E-state index >= 15 is 0 Å². The molecule has 1 rings (SSSR count). The van der Waals surface area contributed by atoms with Crippen LogP contribution in [0, 0.1) is 17.3 Å². The quantitative estimate of drug-likeness (QED) is 0.537. The first kappa shape index (κ1) is 15.1. The maximum absolute atomic E-state index is 2.48. The molecule has 102 valence electrons. The van der Waals surface area contributed by atoms with E-state index in [0.29, 0.717) is 5.41 Å². The van der Waals surface area contributed by atoms with Gasteiger partial charge in [-0.3, -0.25) is 0 Å². The molecule has 0 nitrogen and oxygen atoms in total. The first-order valence-corrected chi connectivity index (χ1v) is 8.09. The predicted octanol–water partition coefficient (Wildman–Crippen LogP) is 6.20. The summed E-state index contributed by atoms with van der Waals surface area (Å²) in [5.41, 5.74) is 0.602. The minimum absolute atomic E-state index is 0.602. The number of rotatable bonds is 2. The highest BCUT2D eigenvalue weighted by Gasteiger charge is 2.22. The summed E-state index contributed by atoms with van der Waals surface area (Å²) in [5.74, 6) is 2.02. The van der Waals surface area contributed by atoms with E-state index in [1.54, 1.807) is 0 Å². The second kappa shape index (κ2) is 7.44. The van der Waals surface area contributed by atoms with Gasteiger partial charge in [-0.2, -0.15) is 0 Å². The standard InChI is InChI=1S/C17H34/c1-5-15-11-8-7-9-13-17(3,4)14-10-12-16(15)6-2/h15-16H,5-14H2,1-4H3. The second-order valence-corrected chi connectivity index (χ2v) is 6.99. The molecule has 0 N–H and O–H groups in total. The van der Waals surface area contributed by atoms with E-state index in [9.17, 15) is 0 Å². The van der Waals surface area contributed by atoms with E-state index in [1.807, 2.05) is 0 Å². The van der Waals surface area contributed by atoms with Gasteiger partial charge in [0.1, 0.15) is 0 Å². The Hall–Kier alpha value is 0. The molecule has 1 aliphatic carbocycles. The zero-order chi connectivity index (χ0) is 12.7. The first-order chi connectivity index (χ1) is 8.09. The fourth-order valence-electron chi connectivity index (χ4n) is 3.70. The Morgan fingerprint density at radius 3 is 1.88 bits per heavy atom. The van der Waals surface area contributed by atoms with Crippen LogP contribution in [0.4, 0.5) is 0 Å². The van der Waals surface area contributed by atoms with E-state index in [2.05, 4.69) is 27.7 Å². The van der Waals surface area contributed by atoms with Gasteiger partial charge in [0, 0.05) is 0 Å². The fraction of sp³-hybridized carbons (Fsp3) is 1.00. The van der Waals surface area contributed by atoms with Crippen molar-refractivity contribution in [3.05, 3.63) is 0 Å². The van der Waals surface area contributed by atoms with Crippen LogP contribution in [0.2, 0.25) is 0 Å². The lowest BCUT2D eigenvalue weighted by Gasteiger charge is -2.27. The molecule has 0 aromatic rings. The minimum atomic E-state index is 0.602. The van der Waals surface area contributed by atoms with Gasteiger partial charge in [0.15, 0.2) is 0 Å². The Morgan fingerprint density at radius 2 is 1.29 bits per heavy atom. The number of hydrogen-bond acceptors (Lipinski definition) is 0. The molecule has 0 aromatic heterocycles. The summed E-state index contributed by atoms with van der Waals surface area (Å²) < 4.78 is 0. The highest BCUT2D eigenvalue weighted by molar-refractivity contribution is 4.74. The van der Waals surface area contributed by atoms with Gasteiger partial charge in [0.2, 0.25) is 0 Å². The summed E-state index contributed by atoms with van der Waals surface area (Å²) in [7, 11) is 0. The Morgan fingerprint density at radius 1 is 0.765 bits per heavy atom. The van der Waals surface area contributed by atoms with Crippen LogP contribution in [0.1, 0.15) is 91.9 Å². The van der Waals surface area contributed by atoms with Gasteiger partial charge in [-0.1, -0.05) is 79.1 Å². The Balaban J connectivity index is 2.55. The second-order valence-electron chi connectivity index (χ2n) is 6.99. The van der Waals surface area contributed by atoms with Gasteiger partial charge in [-0.25, -0.2) is 0 Å². The Labute approximate surface area is 110 Å². The summed E-state index contributed by atoms with van der Waals surface area (Å²) >= 11 is 0. The summed E-state index contributed by atoms with van der Waals surface area (Å²) in [4.78, 5) is 0. The molecule has 0 spiro atoms. The molecule has 0 amide bonds. The Bertz CT molecular complexity index is 192. The van der Waals surface area contributed by atoms with Crippen LogP contribution in [0.3, 0.4) is 0 Å². The molecule has 1 aliphatic rings. The summed E-state index contributed by atoms with van der Waals surface area (Å²) in [6, 6.07) is 0. The SMILES string of the molecule is CCC1CCCCCC(C)(C)CCCC1CC. The predicted molar refractivity (Wildman–Crippen MR) is 78.3 cm³/mol. The molecular formula is C17H34. The molecule has 2 atom stereocenters.